The Kier molecular flexibility index (Phi) is 4.30. The van der Waals surface area contributed by atoms with Crippen LogP contribution in [0.4, 0.5) is 0 Å². The normalized spacial score (nSPS) is 19.9. The predicted octanol–water partition coefficient (Wildman–Crippen LogP) is 1.39. The lowest BCUT2D eigenvalue weighted by atomic mass is 10.1. The van der Waals surface area contributed by atoms with E-state index in [0.29, 0.717) is 13.0 Å². The summed E-state index contributed by atoms with van der Waals surface area (Å²) in [6.07, 6.45) is 2.78. The number of carbonyl (C=O) groups excluding carboxylic acids is 1. The molecule has 1 aliphatic rings. The lowest BCUT2D eigenvalue weighted by Gasteiger charge is -2.31. The van der Waals surface area contributed by atoms with Crippen LogP contribution in [0.3, 0.4) is 0 Å². The number of isocyanates is 1. The molecule has 0 aliphatic carbocycles. The van der Waals surface area contributed by atoms with Gasteiger partial charge in [0.15, 0.2) is 0 Å². The zero-order valence-electron chi connectivity index (χ0n) is 10.7. The molecule has 0 aromatic heterocycles. The van der Waals surface area contributed by atoms with Gasteiger partial charge in [-0.3, -0.25) is 0 Å². The molecule has 1 fully saturated rings. The Balaban J connectivity index is 2.42. The van der Waals surface area contributed by atoms with E-state index in [0.717, 1.165) is 12.8 Å². The molecular formula is C13H13N3O3S. The number of nitrogens with zero attached hydrogens (tertiary/aromatic N) is 3. The van der Waals surface area contributed by atoms with E-state index in [-0.39, 0.29) is 10.5 Å². The highest BCUT2D eigenvalue weighted by Gasteiger charge is 2.33. The number of piperidine rings is 1. The predicted molar refractivity (Wildman–Crippen MR) is 70.8 cm³/mol. The molecule has 104 valence electrons. The average Bonchev–Trinajstić information content (AvgIpc) is 2.48. The maximum Gasteiger partial charge on any atom is 0.244 e. The Bertz CT molecular complexity index is 687. The van der Waals surface area contributed by atoms with Crippen LogP contribution in [0.15, 0.2) is 34.2 Å². The number of nitriles is 1. The number of rotatable bonds is 3. The molecule has 1 aromatic rings. The van der Waals surface area contributed by atoms with Crippen LogP contribution in [0, 0.1) is 11.3 Å². The van der Waals surface area contributed by atoms with E-state index >= 15 is 0 Å². The summed E-state index contributed by atoms with van der Waals surface area (Å²) in [6, 6.07) is 7.73. The monoisotopic (exact) mass is 291 g/mol. The van der Waals surface area contributed by atoms with Gasteiger partial charge in [-0.1, -0.05) is 6.07 Å². The van der Waals surface area contributed by atoms with Crippen molar-refractivity contribution in [2.75, 3.05) is 6.54 Å². The van der Waals surface area contributed by atoms with Gasteiger partial charge in [0.05, 0.1) is 16.5 Å². The van der Waals surface area contributed by atoms with Crippen molar-refractivity contribution in [1.82, 2.24) is 4.31 Å². The first-order valence-corrected chi connectivity index (χ1v) is 7.62. The summed E-state index contributed by atoms with van der Waals surface area (Å²) in [5.41, 5.74) is 0.276. The molecule has 0 bridgehead atoms. The van der Waals surface area contributed by atoms with Crippen LogP contribution in [0.25, 0.3) is 0 Å². The highest BCUT2D eigenvalue weighted by Crippen LogP contribution is 2.26. The summed E-state index contributed by atoms with van der Waals surface area (Å²) < 4.78 is 26.3. The first-order valence-electron chi connectivity index (χ1n) is 6.18. The van der Waals surface area contributed by atoms with Crippen molar-refractivity contribution in [3.8, 4) is 6.07 Å². The maximum atomic E-state index is 12.6. The first-order chi connectivity index (χ1) is 9.59. The van der Waals surface area contributed by atoms with Crippen LogP contribution in [0.5, 0.6) is 0 Å². The maximum absolute atomic E-state index is 12.6. The molecule has 1 saturated heterocycles. The standard InChI is InChI=1S/C13H13N3O3S/c14-9-11-4-3-5-12(8-11)20(18,19)16-7-2-1-6-13(16)15-10-17/h3-5,8,13H,1-2,6-7H2. The van der Waals surface area contributed by atoms with E-state index in [1.807, 2.05) is 6.07 Å². The molecule has 1 aromatic carbocycles. The Hall–Kier alpha value is -2.00. The molecule has 20 heavy (non-hydrogen) atoms. The van der Waals surface area contributed by atoms with Gasteiger partial charge >= 0.3 is 0 Å². The molecule has 7 heteroatoms. The number of hydrogen-bond acceptors (Lipinski definition) is 5. The third-order valence-corrected chi connectivity index (χ3v) is 5.09. The Morgan fingerprint density at radius 3 is 2.85 bits per heavy atom. The summed E-state index contributed by atoms with van der Waals surface area (Å²) in [5, 5.41) is 8.85. The quantitative estimate of drug-likeness (QED) is 0.621. The van der Waals surface area contributed by atoms with E-state index in [1.165, 1.54) is 34.7 Å². The van der Waals surface area contributed by atoms with Crippen molar-refractivity contribution >= 4 is 16.1 Å². The fourth-order valence-corrected chi connectivity index (χ4v) is 3.86. The zero-order chi connectivity index (χ0) is 14.6. The van der Waals surface area contributed by atoms with Crippen LogP contribution < -0.4 is 0 Å². The largest absolute Gasteiger partial charge is 0.244 e. The number of aliphatic imine (C=N–C) groups is 1. The van der Waals surface area contributed by atoms with E-state index in [9.17, 15) is 13.2 Å². The smallest absolute Gasteiger partial charge is 0.211 e. The molecule has 2 rings (SSSR count). The minimum atomic E-state index is -3.76. The average molecular weight is 291 g/mol. The molecule has 0 amide bonds. The lowest BCUT2D eigenvalue weighted by molar-refractivity contribution is 0.259. The van der Waals surface area contributed by atoms with Gasteiger partial charge in [0.2, 0.25) is 16.1 Å². The third-order valence-electron chi connectivity index (χ3n) is 3.19. The van der Waals surface area contributed by atoms with Crippen LogP contribution in [0.2, 0.25) is 0 Å². The van der Waals surface area contributed by atoms with Gasteiger partial charge in [0.25, 0.3) is 0 Å². The van der Waals surface area contributed by atoms with Gasteiger partial charge in [-0.15, -0.1) is 0 Å². The summed E-state index contributed by atoms with van der Waals surface area (Å²) in [7, 11) is -3.76. The van der Waals surface area contributed by atoms with E-state index in [1.54, 1.807) is 0 Å². The second-order valence-electron chi connectivity index (χ2n) is 4.45. The molecule has 1 unspecified atom stereocenters. The SMILES string of the molecule is N#Cc1cccc(S(=O)(=O)N2CCCCC2N=C=O)c1. The number of sulfonamides is 1. The molecular weight excluding hydrogens is 278 g/mol. The summed E-state index contributed by atoms with van der Waals surface area (Å²) in [5.74, 6) is 0. The van der Waals surface area contributed by atoms with Crippen molar-refractivity contribution in [1.29, 1.82) is 5.26 Å². The van der Waals surface area contributed by atoms with Gasteiger partial charge in [0.1, 0.15) is 6.17 Å². The topological polar surface area (TPSA) is 90.6 Å². The Morgan fingerprint density at radius 2 is 2.15 bits per heavy atom. The fraction of sp³-hybridized carbons (Fsp3) is 0.385. The Labute approximate surface area is 117 Å². The molecule has 1 heterocycles. The van der Waals surface area contributed by atoms with E-state index in [4.69, 9.17) is 5.26 Å². The second kappa shape index (κ2) is 5.97. The molecule has 0 spiro atoms. The second-order valence-corrected chi connectivity index (χ2v) is 6.34. The van der Waals surface area contributed by atoms with Crippen molar-refractivity contribution in [3.63, 3.8) is 0 Å². The van der Waals surface area contributed by atoms with Crippen molar-refractivity contribution in [3.05, 3.63) is 29.8 Å². The number of benzene rings is 1. The molecule has 0 N–H and O–H groups in total. The van der Waals surface area contributed by atoms with E-state index in [2.05, 4.69) is 4.99 Å². The van der Waals surface area contributed by atoms with Gasteiger partial charge in [0, 0.05) is 6.54 Å². The van der Waals surface area contributed by atoms with Crippen LogP contribution in [-0.4, -0.2) is 31.5 Å². The first kappa shape index (κ1) is 14.4. The number of hydrogen-bond donors (Lipinski definition) is 0. The van der Waals surface area contributed by atoms with Crippen molar-refractivity contribution in [2.45, 2.75) is 30.3 Å². The highest BCUT2D eigenvalue weighted by molar-refractivity contribution is 7.89. The summed E-state index contributed by atoms with van der Waals surface area (Å²) in [6.45, 7) is 0.314. The molecule has 1 atom stereocenters. The van der Waals surface area contributed by atoms with Crippen LogP contribution in [0.1, 0.15) is 24.8 Å². The minimum Gasteiger partial charge on any atom is -0.211 e. The molecule has 6 nitrogen and oxygen atoms in total. The van der Waals surface area contributed by atoms with Gasteiger partial charge in [-0.05, 0) is 37.5 Å². The molecule has 1 aliphatic heterocycles. The van der Waals surface area contributed by atoms with Crippen molar-refractivity contribution in [2.24, 2.45) is 4.99 Å². The van der Waals surface area contributed by atoms with Gasteiger partial charge in [-0.25, -0.2) is 13.2 Å². The summed E-state index contributed by atoms with van der Waals surface area (Å²) >= 11 is 0. The van der Waals surface area contributed by atoms with Crippen LogP contribution in [-0.2, 0) is 14.8 Å². The van der Waals surface area contributed by atoms with Crippen LogP contribution >= 0.6 is 0 Å². The summed E-state index contributed by atoms with van der Waals surface area (Å²) in [4.78, 5) is 14.0. The minimum absolute atomic E-state index is 0.0459. The lowest BCUT2D eigenvalue weighted by Crippen LogP contribution is -2.42. The van der Waals surface area contributed by atoms with Gasteiger partial charge < -0.3 is 0 Å². The molecule has 0 saturated carbocycles. The third kappa shape index (κ3) is 2.78. The van der Waals surface area contributed by atoms with Gasteiger partial charge in [-0.2, -0.15) is 14.6 Å². The Morgan fingerprint density at radius 1 is 1.35 bits per heavy atom. The van der Waals surface area contributed by atoms with Crippen molar-refractivity contribution < 1.29 is 13.2 Å². The molecule has 0 radical (unpaired) electrons. The van der Waals surface area contributed by atoms with E-state index < -0.39 is 16.2 Å². The fourth-order valence-electron chi connectivity index (χ4n) is 2.22. The zero-order valence-corrected chi connectivity index (χ0v) is 11.5. The highest BCUT2D eigenvalue weighted by atomic mass is 32.2.